The monoisotopic (exact) mass is 413 g/mol. The zero-order valence-electron chi connectivity index (χ0n) is 17.0. The molecule has 160 valence electrons. The molecule has 2 aromatic rings. The van der Waals surface area contributed by atoms with Crippen molar-refractivity contribution in [2.24, 2.45) is 0 Å². The lowest BCUT2D eigenvalue weighted by Crippen LogP contribution is -2.42. The van der Waals surface area contributed by atoms with Crippen LogP contribution in [0.5, 0.6) is 5.75 Å². The highest BCUT2D eigenvalue weighted by Gasteiger charge is 2.21. The molecule has 3 heterocycles. The Hall–Kier alpha value is -2.71. The van der Waals surface area contributed by atoms with Gasteiger partial charge in [-0.3, -0.25) is 4.90 Å². The predicted octanol–water partition coefficient (Wildman–Crippen LogP) is 3.59. The maximum Gasteiger partial charge on any atom is 0.229 e. The molecule has 4 rings (SSSR count). The molecule has 0 saturated carbocycles. The van der Waals surface area contributed by atoms with Crippen LogP contribution in [-0.4, -0.2) is 59.9 Å². The van der Waals surface area contributed by atoms with Gasteiger partial charge in [0.25, 0.3) is 0 Å². The van der Waals surface area contributed by atoms with Crippen molar-refractivity contribution in [1.82, 2.24) is 14.9 Å². The van der Waals surface area contributed by atoms with E-state index in [0.717, 1.165) is 56.9 Å². The van der Waals surface area contributed by atoms with Crippen molar-refractivity contribution in [3.8, 4) is 5.75 Å². The van der Waals surface area contributed by atoms with Gasteiger partial charge in [0.1, 0.15) is 11.9 Å². The summed E-state index contributed by atoms with van der Waals surface area (Å²) in [5.41, 5.74) is 0.803. The summed E-state index contributed by atoms with van der Waals surface area (Å²) < 4.78 is 25.5. The second kappa shape index (κ2) is 9.86. The summed E-state index contributed by atoms with van der Waals surface area (Å²) in [5, 5.41) is 6.37. The first-order valence-electron chi connectivity index (χ1n) is 10.4. The molecule has 8 heteroatoms. The Labute approximate surface area is 176 Å². The van der Waals surface area contributed by atoms with Crippen LogP contribution in [0.4, 0.5) is 21.8 Å². The van der Waals surface area contributed by atoms with Crippen LogP contribution in [0.25, 0.3) is 0 Å². The van der Waals surface area contributed by atoms with Gasteiger partial charge in [-0.15, -0.1) is 6.58 Å². The number of piperidine rings is 1. The fourth-order valence-electron chi connectivity index (χ4n) is 3.79. The third-order valence-corrected chi connectivity index (χ3v) is 5.28. The van der Waals surface area contributed by atoms with Gasteiger partial charge in [-0.1, -0.05) is 6.08 Å². The number of benzene rings is 1. The molecule has 30 heavy (non-hydrogen) atoms. The molecule has 2 aliphatic rings. The molecule has 0 unspecified atom stereocenters. The Morgan fingerprint density at radius 2 is 2.17 bits per heavy atom. The molecule has 1 aromatic carbocycles. The average molecular weight is 413 g/mol. The summed E-state index contributed by atoms with van der Waals surface area (Å²) in [6.07, 6.45) is 6.15. The van der Waals surface area contributed by atoms with Gasteiger partial charge in [0.2, 0.25) is 5.95 Å². The smallest absolute Gasteiger partial charge is 0.229 e. The fourth-order valence-corrected chi connectivity index (χ4v) is 3.79. The quantitative estimate of drug-likeness (QED) is 0.641. The first kappa shape index (κ1) is 20.6. The highest BCUT2D eigenvalue weighted by atomic mass is 19.1. The first-order chi connectivity index (χ1) is 14.7. The van der Waals surface area contributed by atoms with Crippen molar-refractivity contribution in [1.29, 1.82) is 0 Å². The Morgan fingerprint density at radius 3 is 2.93 bits per heavy atom. The van der Waals surface area contributed by atoms with E-state index in [0.29, 0.717) is 12.6 Å². The molecule has 1 aromatic heterocycles. The van der Waals surface area contributed by atoms with Crippen LogP contribution in [0.1, 0.15) is 19.3 Å². The second-order valence-electron chi connectivity index (χ2n) is 7.67. The van der Waals surface area contributed by atoms with E-state index < -0.39 is 5.82 Å². The first-order valence-corrected chi connectivity index (χ1v) is 10.4. The van der Waals surface area contributed by atoms with Crippen molar-refractivity contribution in [2.45, 2.75) is 31.4 Å². The van der Waals surface area contributed by atoms with Gasteiger partial charge in [-0.25, -0.2) is 9.37 Å². The molecule has 2 N–H and O–H groups in total. The average Bonchev–Trinajstić information content (AvgIpc) is 3.26. The SMILES string of the molecule is C=CCN1CCC[C@@H](Nc2nc(Nc3ccc(O[C@@H]4CCOC4)cc3)ncc2F)C1. The number of nitrogens with one attached hydrogen (secondary N) is 2. The summed E-state index contributed by atoms with van der Waals surface area (Å²) in [5.74, 6) is 0.901. The number of hydrogen-bond donors (Lipinski definition) is 2. The zero-order valence-corrected chi connectivity index (χ0v) is 17.0. The third-order valence-electron chi connectivity index (χ3n) is 5.28. The lowest BCUT2D eigenvalue weighted by atomic mass is 10.1. The minimum atomic E-state index is -0.455. The van der Waals surface area contributed by atoms with Crippen LogP contribution < -0.4 is 15.4 Å². The highest BCUT2D eigenvalue weighted by Crippen LogP contribution is 2.23. The van der Waals surface area contributed by atoms with E-state index in [1.807, 2.05) is 30.3 Å². The van der Waals surface area contributed by atoms with Gasteiger partial charge in [-0.05, 0) is 43.7 Å². The Balaban J connectivity index is 1.37. The van der Waals surface area contributed by atoms with Crippen LogP contribution in [0, 0.1) is 5.82 Å². The minimum Gasteiger partial charge on any atom is -0.488 e. The maximum absolute atomic E-state index is 14.3. The number of halogens is 1. The van der Waals surface area contributed by atoms with Crippen LogP contribution in [0.15, 0.2) is 43.1 Å². The molecule has 0 aliphatic carbocycles. The van der Waals surface area contributed by atoms with E-state index >= 15 is 0 Å². The van der Waals surface area contributed by atoms with E-state index in [9.17, 15) is 4.39 Å². The summed E-state index contributed by atoms with van der Waals surface area (Å²) >= 11 is 0. The number of aromatic nitrogens is 2. The van der Waals surface area contributed by atoms with Crippen molar-refractivity contribution < 1.29 is 13.9 Å². The summed E-state index contributed by atoms with van der Waals surface area (Å²) in [4.78, 5) is 10.7. The van der Waals surface area contributed by atoms with Gasteiger partial charge in [0.15, 0.2) is 11.6 Å². The number of hydrogen-bond acceptors (Lipinski definition) is 7. The van der Waals surface area contributed by atoms with E-state index in [1.165, 1.54) is 6.20 Å². The predicted molar refractivity (Wildman–Crippen MR) is 115 cm³/mol. The molecule has 0 radical (unpaired) electrons. The van der Waals surface area contributed by atoms with Crippen molar-refractivity contribution in [3.63, 3.8) is 0 Å². The summed E-state index contributed by atoms with van der Waals surface area (Å²) in [6.45, 7) is 7.89. The molecule has 0 spiro atoms. The highest BCUT2D eigenvalue weighted by molar-refractivity contribution is 5.56. The molecular formula is C22H28FN5O2. The Morgan fingerprint density at radius 1 is 1.30 bits per heavy atom. The van der Waals surface area contributed by atoms with Gasteiger partial charge >= 0.3 is 0 Å². The van der Waals surface area contributed by atoms with Crippen molar-refractivity contribution in [3.05, 3.63) is 48.9 Å². The number of anilines is 3. The van der Waals surface area contributed by atoms with E-state index in [-0.39, 0.29) is 18.0 Å². The normalized spacial score (nSPS) is 21.9. The fraction of sp³-hybridized carbons (Fsp3) is 0.455. The summed E-state index contributed by atoms with van der Waals surface area (Å²) in [6, 6.07) is 7.70. The van der Waals surface area contributed by atoms with Crippen molar-refractivity contribution in [2.75, 3.05) is 43.5 Å². The second-order valence-corrected chi connectivity index (χ2v) is 7.67. The topological polar surface area (TPSA) is 71.5 Å². The molecule has 0 amide bonds. The zero-order chi connectivity index (χ0) is 20.8. The van der Waals surface area contributed by atoms with Crippen LogP contribution in [0.3, 0.4) is 0 Å². The number of rotatable bonds is 8. The lowest BCUT2D eigenvalue weighted by Gasteiger charge is -2.32. The van der Waals surface area contributed by atoms with Gasteiger partial charge in [0, 0.05) is 31.2 Å². The number of nitrogens with zero attached hydrogens (tertiary/aromatic N) is 3. The molecule has 2 atom stereocenters. The molecule has 2 aliphatic heterocycles. The van der Waals surface area contributed by atoms with Gasteiger partial charge < -0.3 is 20.1 Å². The number of ether oxygens (including phenoxy) is 2. The van der Waals surface area contributed by atoms with Crippen LogP contribution in [-0.2, 0) is 4.74 Å². The van der Waals surface area contributed by atoms with Gasteiger partial charge in [-0.2, -0.15) is 4.98 Å². The molecule has 2 saturated heterocycles. The van der Waals surface area contributed by atoms with Crippen molar-refractivity contribution >= 4 is 17.5 Å². The Kier molecular flexibility index (Phi) is 6.76. The van der Waals surface area contributed by atoms with Gasteiger partial charge in [0.05, 0.1) is 19.4 Å². The number of likely N-dealkylation sites (tertiary alicyclic amines) is 1. The van der Waals surface area contributed by atoms with E-state index in [2.05, 4.69) is 32.1 Å². The lowest BCUT2D eigenvalue weighted by molar-refractivity contribution is 0.141. The van der Waals surface area contributed by atoms with E-state index in [4.69, 9.17) is 9.47 Å². The third kappa shape index (κ3) is 5.46. The molecule has 2 fully saturated rings. The standard InChI is InChI=1S/C22H28FN5O2/c1-2-10-28-11-3-4-17(14-28)25-21-20(23)13-24-22(27-21)26-16-5-7-18(8-6-16)30-19-9-12-29-15-19/h2,5-8,13,17,19H,1,3-4,9-12,14-15H2,(H2,24,25,26,27)/t17-,19-/m1/s1. The van der Waals surface area contributed by atoms with E-state index in [1.54, 1.807) is 0 Å². The van der Waals surface area contributed by atoms with Crippen LogP contribution in [0.2, 0.25) is 0 Å². The molecular weight excluding hydrogens is 385 g/mol. The largest absolute Gasteiger partial charge is 0.488 e. The minimum absolute atomic E-state index is 0.111. The Bertz CT molecular complexity index is 842. The maximum atomic E-state index is 14.3. The summed E-state index contributed by atoms with van der Waals surface area (Å²) in [7, 11) is 0. The molecule has 7 nitrogen and oxygen atoms in total. The van der Waals surface area contributed by atoms with Crippen LogP contribution >= 0.6 is 0 Å². The molecule has 0 bridgehead atoms.